The molecule has 3 rings (SSSR count). The lowest BCUT2D eigenvalue weighted by atomic mass is 10.2. The Morgan fingerprint density at radius 3 is 2.96 bits per heavy atom. The number of imidazole rings is 1. The van der Waals surface area contributed by atoms with Crippen molar-refractivity contribution >= 4 is 11.6 Å². The molecule has 2 aromatic rings. The van der Waals surface area contributed by atoms with Crippen molar-refractivity contribution in [1.82, 2.24) is 20.2 Å². The van der Waals surface area contributed by atoms with E-state index in [1.54, 1.807) is 0 Å². The highest BCUT2D eigenvalue weighted by Gasteiger charge is 2.22. The number of hydrogen-bond acceptors (Lipinski definition) is 3. The Labute approximate surface area is 149 Å². The van der Waals surface area contributed by atoms with E-state index in [1.165, 1.54) is 18.4 Å². The van der Waals surface area contributed by atoms with Gasteiger partial charge < -0.3 is 10.3 Å². The first kappa shape index (κ1) is 17.5. The summed E-state index contributed by atoms with van der Waals surface area (Å²) in [5, 5.41) is 4.24. The molecule has 1 aliphatic rings. The van der Waals surface area contributed by atoms with Crippen molar-refractivity contribution in [1.29, 1.82) is 0 Å². The summed E-state index contributed by atoms with van der Waals surface area (Å²) >= 11 is 6.25. The van der Waals surface area contributed by atoms with Crippen molar-refractivity contribution in [2.45, 2.75) is 51.7 Å². The number of benzene rings is 1. The molecular weight excluding hydrogens is 320 g/mol. The molecule has 0 aliphatic carbocycles. The third kappa shape index (κ3) is 4.82. The Bertz CT molecular complexity index is 626. The van der Waals surface area contributed by atoms with Crippen LogP contribution in [0.1, 0.15) is 43.3 Å². The summed E-state index contributed by atoms with van der Waals surface area (Å²) in [7, 11) is 0. The van der Waals surface area contributed by atoms with Crippen molar-refractivity contribution in [2.24, 2.45) is 0 Å². The normalized spacial score (nSPS) is 18.3. The second-order valence-corrected chi connectivity index (χ2v) is 7.00. The third-order valence-electron chi connectivity index (χ3n) is 4.63. The summed E-state index contributed by atoms with van der Waals surface area (Å²) in [6, 6.07) is 11.2. The van der Waals surface area contributed by atoms with E-state index in [1.807, 2.05) is 0 Å². The van der Waals surface area contributed by atoms with Crippen LogP contribution in [-0.2, 0) is 19.5 Å². The van der Waals surface area contributed by atoms with E-state index in [4.69, 9.17) is 11.6 Å². The number of H-pyrrole nitrogens is 1. The van der Waals surface area contributed by atoms with Crippen molar-refractivity contribution in [3.63, 3.8) is 0 Å². The van der Waals surface area contributed by atoms with Gasteiger partial charge in [-0.25, -0.2) is 4.98 Å². The molecule has 0 amide bonds. The van der Waals surface area contributed by atoms with E-state index in [-0.39, 0.29) is 0 Å². The molecule has 0 bridgehead atoms. The molecule has 0 saturated carbocycles. The fraction of sp³-hybridized carbons (Fsp3) is 0.526. The van der Waals surface area contributed by atoms with Crippen LogP contribution in [0.3, 0.4) is 0 Å². The predicted octanol–water partition coefficient (Wildman–Crippen LogP) is 3.77. The maximum atomic E-state index is 6.25. The number of hydrogen-bond donors (Lipinski definition) is 2. The minimum absolute atomic E-state index is 0.521. The molecule has 130 valence electrons. The van der Waals surface area contributed by atoms with Gasteiger partial charge in [0.2, 0.25) is 0 Å². The highest BCUT2D eigenvalue weighted by atomic mass is 35.5. The van der Waals surface area contributed by atoms with Gasteiger partial charge in [0.25, 0.3) is 0 Å². The Kier molecular flexibility index (Phi) is 6.30. The van der Waals surface area contributed by atoms with Gasteiger partial charge in [0.1, 0.15) is 5.82 Å². The van der Waals surface area contributed by atoms with Gasteiger partial charge in [0, 0.05) is 38.6 Å². The van der Waals surface area contributed by atoms with E-state index < -0.39 is 0 Å². The number of aryl methyl sites for hydroxylation is 1. The molecule has 1 aliphatic heterocycles. The number of nitrogens with zero attached hydrogens (tertiary/aromatic N) is 2. The lowest BCUT2D eigenvalue weighted by Crippen LogP contribution is -2.32. The summed E-state index contributed by atoms with van der Waals surface area (Å²) in [5.41, 5.74) is 2.40. The SMILES string of the molecule is CCCCc1nc(Cl)c(CNC2CCN(Cc3ccccc3)C2)[nH]1. The Hall–Kier alpha value is -1.36. The molecule has 1 saturated heterocycles. The summed E-state index contributed by atoms with van der Waals surface area (Å²) < 4.78 is 0. The smallest absolute Gasteiger partial charge is 0.151 e. The Balaban J connectivity index is 1.45. The minimum atomic E-state index is 0.521. The highest BCUT2D eigenvalue weighted by molar-refractivity contribution is 6.30. The van der Waals surface area contributed by atoms with Gasteiger partial charge in [-0.2, -0.15) is 0 Å². The van der Waals surface area contributed by atoms with Crippen LogP contribution in [0.2, 0.25) is 5.15 Å². The number of halogens is 1. The van der Waals surface area contributed by atoms with Crippen LogP contribution < -0.4 is 5.32 Å². The largest absolute Gasteiger partial charge is 0.344 e. The van der Waals surface area contributed by atoms with Crippen LogP contribution in [0, 0.1) is 0 Å². The molecule has 2 heterocycles. The van der Waals surface area contributed by atoms with Gasteiger partial charge in [0.05, 0.1) is 5.69 Å². The number of rotatable bonds is 8. The molecule has 2 N–H and O–H groups in total. The molecule has 5 heteroatoms. The summed E-state index contributed by atoms with van der Waals surface area (Å²) in [5.74, 6) is 1.01. The van der Waals surface area contributed by atoms with Gasteiger partial charge in [-0.05, 0) is 18.4 Å². The number of unbranched alkanes of at least 4 members (excludes halogenated alkanes) is 1. The Morgan fingerprint density at radius 2 is 2.17 bits per heavy atom. The first-order chi connectivity index (χ1) is 11.7. The summed E-state index contributed by atoms with van der Waals surface area (Å²) in [6.45, 7) is 6.22. The lowest BCUT2D eigenvalue weighted by Gasteiger charge is -2.16. The zero-order valence-corrected chi connectivity index (χ0v) is 15.1. The molecule has 24 heavy (non-hydrogen) atoms. The second kappa shape index (κ2) is 8.65. The maximum Gasteiger partial charge on any atom is 0.151 e. The first-order valence-corrected chi connectivity index (χ1v) is 9.35. The third-order valence-corrected chi connectivity index (χ3v) is 4.95. The van der Waals surface area contributed by atoms with Crippen LogP contribution >= 0.6 is 11.6 Å². The standard InChI is InChI=1S/C19H27ClN4/c1-2-3-9-18-22-17(19(20)23-18)12-21-16-10-11-24(14-16)13-15-7-5-4-6-8-15/h4-8,16,21H,2-3,9-14H2,1H3,(H,22,23). The average molecular weight is 347 g/mol. The van der Waals surface area contributed by atoms with E-state index in [0.29, 0.717) is 11.2 Å². The molecule has 1 aromatic carbocycles. The van der Waals surface area contributed by atoms with Gasteiger partial charge in [-0.3, -0.25) is 4.90 Å². The van der Waals surface area contributed by atoms with Crippen LogP contribution in [-0.4, -0.2) is 34.0 Å². The fourth-order valence-electron chi connectivity index (χ4n) is 3.25. The summed E-state index contributed by atoms with van der Waals surface area (Å²) in [4.78, 5) is 10.3. The Morgan fingerprint density at radius 1 is 1.33 bits per heavy atom. The molecular formula is C19H27ClN4. The number of aromatic nitrogens is 2. The zero-order chi connectivity index (χ0) is 16.8. The van der Waals surface area contributed by atoms with Crippen molar-refractivity contribution in [3.05, 3.63) is 52.6 Å². The van der Waals surface area contributed by atoms with Gasteiger partial charge in [-0.1, -0.05) is 55.3 Å². The molecule has 0 spiro atoms. The first-order valence-electron chi connectivity index (χ1n) is 8.97. The highest BCUT2D eigenvalue weighted by Crippen LogP contribution is 2.17. The zero-order valence-electron chi connectivity index (χ0n) is 14.4. The molecule has 0 radical (unpaired) electrons. The maximum absolute atomic E-state index is 6.25. The van der Waals surface area contributed by atoms with E-state index in [9.17, 15) is 0 Å². The topological polar surface area (TPSA) is 44.0 Å². The monoisotopic (exact) mass is 346 g/mol. The molecule has 4 nitrogen and oxygen atoms in total. The predicted molar refractivity (Wildman–Crippen MR) is 99.2 cm³/mol. The van der Waals surface area contributed by atoms with Crippen molar-refractivity contribution in [3.8, 4) is 0 Å². The molecule has 1 aromatic heterocycles. The fourth-order valence-corrected chi connectivity index (χ4v) is 3.47. The van der Waals surface area contributed by atoms with E-state index in [2.05, 4.69) is 57.4 Å². The number of nitrogens with one attached hydrogen (secondary N) is 2. The minimum Gasteiger partial charge on any atom is -0.344 e. The van der Waals surface area contributed by atoms with Crippen LogP contribution in [0.15, 0.2) is 30.3 Å². The van der Waals surface area contributed by atoms with Gasteiger partial charge in [0.15, 0.2) is 5.15 Å². The molecule has 1 atom stereocenters. The quantitative estimate of drug-likeness (QED) is 0.764. The van der Waals surface area contributed by atoms with Crippen molar-refractivity contribution in [2.75, 3.05) is 13.1 Å². The van der Waals surface area contributed by atoms with E-state index >= 15 is 0 Å². The van der Waals surface area contributed by atoms with Crippen LogP contribution in [0.5, 0.6) is 0 Å². The van der Waals surface area contributed by atoms with Crippen molar-refractivity contribution < 1.29 is 0 Å². The van der Waals surface area contributed by atoms with Gasteiger partial charge >= 0.3 is 0 Å². The van der Waals surface area contributed by atoms with Crippen LogP contribution in [0.4, 0.5) is 0 Å². The lowest BCUT2D eigenvalue weighted by molar-refractivity contribution is 0.320. The van der Waals surface area contributed by atoms with Crippen LogP contribution in [0.25, 0.3) is 0 Å². The number of likely N-dealkylation sites (tertiary alicyclic amines) is 1. The second-order valence-electron chi connectivity index (χ2n) is 6.64. The molecule has 1 unspecified atom stereocenters. The average Bonchev–Trinajstić information content (AvgIpc) is 3.18. The number of aromatic amines is 1. The molecule has 1 fully saturated rings. The van der Waals surface area contributed by atoms with E-state index in [0.717, 1.165) is 50.5 Å². The van der Waals surface area contributed by atoms with Gasteiger partial charge in [-0.15, -0.1) is 0 Å². The summed E-state index contributed by atoms with van der Waals surface area (Å²) in [6.07, 6.45) is 4.48.